The van der Waals surface area contributed by atoms with Crippen LogP contribution >= 0.6 is 0 Å². The molecule has 0 amide bonds. The first-order chi connectivity index (χ1) is 8.16. The van der Waals surface area contributed by atoms with Gasteiger partial charge in [0, 0.05) is 32.5 Å². The average molecular weight is 237 g/mol. The number of ether oxygens (including phenoxy) is 1. The maximum absolute atomic E-state index is 9.65. The van der Waals surface area contributed by atoms with Crippen molar-refractivity contribution in [1.82, 2.24) is 10.2 Å². The average Bonchev–Trinajstić information content (AvgIpc) is 2.56. The molecule has 2 heterocycles. The molecule has 2 aliphatic rings. The second kappa shape index (κ2) is 5.34. The molecule has 2 fully saturated rings. The van der Waals surface area contributed by atoms with E-state index in [4.69, 9.17) is 4.74 Å². The highest BCUT2D eigenvalue weighted by molar-refractivity contribution is 5.12. The van der Waals surface area contributed by atoms with Crippen molar-refractivity contribution in [2.75, 3.05) is 26.2 Å². The second-order valence-corrected chi connectivity index (χ2v) is 5.40. The van der Waals surface area contributed by atoms with Gasteiger partial charge in [0.15, 0.2) is 0 Å². The Morgan fingerprint density at radius 3 is 2.59 bits per heavy atom. The van der Waals surface area contributed by atoms with Crippen molar-refractivity contribution in [3.8, 4) is 6.07 Å². The van der Waals surface area contributed by atoms with Crippen molar-refractivity contribution in [3.63, 3.8) is 0 Å². The molecular weight excluding hydrogens is 214 g/mol. The molecule has 2 unspecified atom stereocenters. The zero-order valence-electron chi connectivity index (χ0n) is 10.9. The highest BCUT2D eigenvalue weighted by atomic mass is 16.5. The minimum atomic E-state index is -0.302. The SMILES string of the molecule is CC1CC(C#N)(N2CCCNCC2)CC(C)O1. The van der Waals surface area contributed by atoms with E-state index in [1.807, 2.05) is 0 Å². The van der Waals surface area contributed by atoms with Gasteiger partial charge in [0.2, 0.25) is 0 Å². The molecule has 0 aromatic heterocycles. The van der Waals surface area contributed by atoms with Gasteiger partial charge in [0.1, 0.15) is 5.54 Å². The summed E-state index contributed by atoms with van der Waals surface area (Å²) in [5.41, 5.74) is -0.302. The standard InChI is InChI=1S/C13H23N3O/c1-11-8-13(10-14,9-12(2)17-11)16-6-3-4-15-5-7-16/h11-12,15H,3-9H2,1-2H3. The minimum Gasteiger partial charge on any atom is -0.375 e. The Hall–Kier alpha value is -0.630. The van der Waals surface area contributed by atoms with Crippen molar-refractivity contribution in [1.29, 1.82) is 5.26 Å². The predicted octanol–water partition coefficient (Wildman–Crippen LogP) is 1.13. The molecule has 1 N–H and O–H groups in total. The Labute approximate surface area is 104 Å². The Bertz CT molecular complexity index is 282. The maximum atomic E-state index is 9.65. The molecule has 2 saturated heterocycles. The molecule has 96 valence electrons. The molecule has 4 heteroatoms. The highest BCUT2D eigenvalue weighted by Gasteiger charge is 2.43. The molecule has 2 atom stereocenters. The maximum Gasteiger partial charge on any atom is 0.114 e. The van der Waals surface area contributed by atoms with Crippen LogP contribution in [0.15, 0.2) is 0 Å². The van der Waals surface area contributed by atoms with Crippen molar-refractivity contribution >= 4 is 0 Å². The summed E-state index contributed by atoms with van der Waals surface area (Å²) in [5.74, 6) is 0. The van der Waals surface area contributed by atoms with Crippen LogP contribution in [0.1, 0.15) is 33.1 Å². The predicted molar refractivity (Wildman–Crippen MR) is 66.6 cm³/mol. The van der Waals surface area contributed by atoms with Gasteiger partial charge in [0.25, 0.3) is 0 Å². The number of nitrogens with one attached hydrogen (secondary N) is 1. The number of rotatable bonds is 1. The van der Waals surface area contributed by atoms with Crippen molar-refractivity contribution in [3.05, 3.63) is 0 Å². The quantitative estimate of drug-likeness (QED) is 0.743. The third-order valence-electron chi connectivity index (χ3n) is 3.87. The van der Waals surface area contributed by atoms with E-state index in [2.05, 4.69) is 30.1 Å². The summed E-state index contributed by atoms with van der Waals surface area (Å²) < 4.78 is 5.77. The largest absolute Gasteiger partial charge is 0.375 e. The summed E-state index contributed by atoms with van der Waals surface area (Å²) >= 11 is 0. The summed E-state index contributed by atoms with van der Waals surface area (Å²) in [6, 6.07) is 2.59. The van der Waals surface area contributed by atoms with Gasteiger partial charge in [-0.1, -0.05) is 0 Å². The van der Waals surface area contributed by atoms with Gasteiger partial charge in [-0.15, -0.1) is 0 Å². The van der Waals surface area contributed by atoms with Crippen LogP contribution in [0.5, 0.6) is 0 Å². The lowest BCUT2D eigenvalue weighted by molar-refractivity contribution is -0.0860. The van der Waals surface area contributed by atoms with Crippen molar-refractivity contribution < 1.29 is 4.74 Å². The van der Waals surface area contributed by atoms with E-state index in [-0.39, 0.29) is 17.7 Å². The van der Waals surface area contributed by atoms with Crippen LogP contribution in [0.25, 0.3) is 0 Å². The number of hydrogen-bond acceptors (Lipinski definition) is 4. The van der Waals surface area contributed by atoms with E-state index < -0.39 is 0 Å². The Kier molecular flexibility index (Phi) is 4.03. The van der Waals surface area contributed by atoms with E-state index in [9.17, 15) is 5.26 Å². The first-order valence-corrected chi connectivity index (χ1v) is 6.69. The zero-order chi connectivity index (χ0) is 12.3. The first-order valence-electron chi connectivity index (χ1n) is 6.69. The Morgan fingerprint density at radius 2 is 1.94 bits per heavy atom. The molecule has 0 saturated carbocycles. The molecule has 17 heavy (non-hydrogen) atoms. The van der Waals surface area contributed by atoms with Gasteiger partial charge < -0.3 is 10.1 Å². The van der Waals surface area contributed by atoms with Crippen LogP contribution in [-0.4, -0.2) is 48.8 Å². The van der Waals surface area contributed by atoms with E-state index in [1.54, 1.807) is 0 Å². The molecular formula is C13H23N3O. The summed E-state index contributed by atoms with van der Waals surface area (Å²) in [4.78, 5) is 2.38. The molecule has 0 aromatic carbocycles. The van der Waals surface area contributed by atoms with Crippen LogP contribution in [-0.2, 0) is 4.74 Å². The Morgan fingerprint density at radius 1 is 1.24 bits per heavy atom. The highest BCUT2D eigenvalue weighted by Crippen LogP contribution is 2.33. The topological polar surface area (TPSA) is 48.3 Å². The van der Waals surface area contributed by atoms with E-state index in [1.165, 1.54) is 0 Å². The minimum absolute atomic E-state index is 0.189. The smallest absolute Gasteiger partial charge is 0.114 e. The van der Waals surface area contributed by atoms with Gasteiger partial charge in [-0.05, 0) is 26.8 Å². The zero-order valence-corrected chi connectivity index (χ0v) is 10.9. The molecule has 2 aliphatic heterocycles. The lowest BCUT2D eigenvalue weighted by Crippen LogP contribution is -2.55. The van der Waals surface area contributed by atoms with Gasteiger partial charge in [-0.25, -0.2) is 0 Å². The monoisotopic (exact) mass is 237 g/mol. The van der Waals surface area contributed by atoms with Crippen molar-refractivity contribution in [2.24, 2.45) is 0 Å². The molecule has 0 bridgehead atoms. The van der Waals surface area contributed by atoms with E-state index in [0.717, 1.165) is 45.4 Å². The van der Waals surface area contributed by atoms with Crippen LogP contribution in [0, 0.1) is 11.3 Å². The third-order valence-corrected chi connectivity index (χ3v) is 3.87. The lowest BCUT2D eigenvalue weighted by Gasteiger charge is -2.45. The van der Waals surface area contributed by atoms with Gasteiger partial charge in [0.05, 0.1) is 18.3 Å². The molecule has 0 radical (unpaired) electrons. The summed E-state index contributed by atoms with van der Waals surface area (Å²) in [6.45, 7) is 8.23. The second-order valence-electron chi connectivity index (χ2n) is 5.40. The molecule has 0 aliphatic carbocycles. The molecule has 4 nitrogen and oxygen atoms in total. The Balaban J connectivity index is 2.14. The first kappa shape index (κ1) is 12.8. The molecule has 2 rings (SSSR count). The number of nitriles is 1. The van der Waals surface area contributed by atoms with Gasteiger partial charge in [-0.3, -0.25) is 4.90 Å². The van der Waals surface area contributed by atoms with E-state index in [0.29, 0.717) is 0 Å². The van der Waals surface area contributed by atoms with Crippen LogP contribution in [0.4, 0.5) is 0 Å². The van der Waals surface area contributed by atoms with E-state index >= 15 is 0 Å². The molecule has 0 spiro atoms. The van der Waals surface area contributed by atoms with Crippen LogP contribution in [0.2, 0.25) is 0 Å². The normalized spacial score (nSPS) is 40.5. The summed E-state index contributed by atoms with van der Waals surface area (Å²) in [7, 11) is 0. The van der Waals surface area contributed by atoms with Gasteiger partial charge in [-0.2, -0.15) is 5.26 Å². The summed E-state index contributed by atoms with van der Waals surface area (Å²) in [6.07, 6.45) is 3.19. The van der Waals surface area contributed by atoms with Crippen LogP contribution < -0.4 is 5.32 Å². The van der Waals surface area contributed by atoms with Gasteiger partial charge >= 0.3 is 0 Å². The summed E-state index contributed by atoms with van der Waals surface area (Å²) in [5, 5.41) is 13.1. The molecule has 0 aromatic rings. The van der Waals surface area contributed by atoms with Crippen molar-refractivity contribution in [2.45, 2.75) is 50.9 Å². The fourth-order valence-corrected chi connectivity index (χ4v) is 3.22. The fourth-order valence-electron chi connectivity index (χ4n) is 3.22. The third kappa shape index (κ3) is 2.79. The number of nitrogens with zero attached hydrogens (tertiary/aromatic N) is 2. The van der Waals surface area contributed by atoms with Crippen LogP contribution in [0.3, 0.4) is 0 Å². The fraction of sp³-hybridized carbons (Fsp3) is 0.923. The number of hydrogen-bond donors (Lipinski definition) is 1. The lowest BCUT2D eigenvalue weighted by atomic mass is 9.83.